The van der Waals surface area contributed by atoms with Crippen molar-refractivity contribution in [3.05, 3.63) is 93.5 Å². The van der Waals surface area contributed by atoms with Gasteiger partial charge in [-0.2, -0.15) is 25.3 Å². The number of fused-ring (bicyclic) bond motifs is 1. The number of nitro groups is 1. The van der Waals surface area contributed by atoms with Gasteiger partial charge >= 0.3 is 0 Å². The molecule has 0 bridgehead atoms. The van der Waals surface area contributed by atoms with E-state index >= 15 is 0 Å². The Balaban J connectivity index is 0.00000368. The first-order valence-electron chi connectivity index (χ1n) is 11.8. The fourth-order valence-electron chi connectivity index (χ4n) is 4.12. The number of amides is 2. The molecule has 0 spiro atoms. The molecular formula is C25H19N3Na3O13S3. The van der Waals surface area contributed by atoms with Gasteiger partial charge in [0, 0.05) is 128 Å². The molecule has 2 amide bonds. The molecule has 0 fully saturated rings. The minimum absolute atomic E-state index is 0. The first kappa shape index (κ1) is 43.2. The first-order valence-corrected chi connectivity index (χ1v) is 16.1. The van der Waals surface area contributed by atoms with E-state index in [0.717, 1.165) is 12.1 Å². The van der Waals surface area contributed by atoms with Crippen LogP contribution in [0, 0.1) is 17.0 Å². The standard InChI is InChI=1S/C25H19N3O13S3.3Na/c1-13-5-6-15(10-20(13)27-24(29)14-3-2-4-16(9-14)28(31)32)25(30)26-19-7-8-21(43(36,37)38)18-11-17(42(33,34)35)12-22(23(18)19)44(39,40)41;;;/h2-12H,1H3,(H,26,30)(H,27,29)(H,33,34,35)(H,36,37,38)(H,39,40,41);;;. The summed E-state index contributed by atoms with van der Waals surface area (Å²) in [6, 6.07) is 11.3. The third kappa shape index (κ3) is 10.1. The van der Waals surface area contributed by atoms with E-state index in [-0.39, 0.29) is 111 Å². The van der Waals surface area contributed by atoms with Gasteiger partial charge in [0.1, 0.15) is 9.79 Å². The van der Waals surface area contributed by atoms with E-state index in [1.54, 1.807) is 6.92 Å². The Labute approximate surface area is 334 Å². The molecule has 16 nitrogen and oxygen atoms in total. The second kappa shape index (κ2) is 16.3. The number of carbonyl (C=O) groups excluding carboxylic acids is 2. The van der Waals surface area contributed by atoms with Crippen LogP contribution in [0.15, 0.2) is 81.4 Å². The number of anilines is 2. The maximum Gasteiger partial charge on any atom is 0.295 e. The summed E-state index contributed by atoms with van der Waals surface area (Å²) in [4.78, 5) is 33.0. The third-order valence-electron chi connectivity index (χ3n) is 6.18. The van der Waals surface area contributed by atoms with Crippen molar-refractivity contribution < 1.29 is 53.4 Å². The summed E-state index contributed by atoms with van der Waals surface area (Å²) < 4.78 is 101. The van der Waals surface area contributed by atoms with Crippen LogP contribution in [0.4, 0.5) is 17.1 Å². The van der Waals surface area contributed by atoms with E-state index < -0.39 is 78.2 Å². The Morgan fingerprint density at radius 3 is 1.77 bits per heavy atom. The van der Waals surface area contributed by atoms with Crippen LogP contribution in [0.1, 0.15) is 26.3 Å². The Bertz CT molecular complexity index is 2250. The van der Waals surface area contributed by atoms with E-state index in [0.29, 0.717) is 23.8 Å². The Morgan fingerprint density at radius 2 is 1.23 bits per heavy atom. The average molecular weight is 735 g/mol. The molecule has 3 radical (unpaired) electrons. The molecule has 4 rings (SSSR count). The van der Waals surface area contributed by atoms with Gasteiger partial charge in [0.05, 0.1) is 15.5 Å². The maximum atomic E-state index is 13.3. The molecule has 233 valence electrons. The van der Waals surface area contributed by atoms with E-state index in [1.807, 2.05) is 0 Å². The first-order chi connectivity index (χ1) is 20.3. The van der Waals surface area contributed by atoms with E-state index in [9.17, 15) is 58.6 Å². The molecule has 0 aliphatic heterocycles. The number of hydrogen-bond donors (Lipinski definition) is 5. The summed E-state index contributed by atoms with van der Waals surface area (Å²) in [6.45, 7) is 1.58. The van der Waals surface area contributed by atoms with Crippen LogP contribution < -0.4 is 10.6 Å². The number of non-ortho nitro benzene ring substituents is 1. The number of hydrogen-bond acceptors (Lipinski definition) is 10. The molecule has 4 aromatic rings. The number of nitro benzene ring substituents is 1. The fourth-order valence-corrected chi connectivity index (χ4v) is 6.16. The van der Waals surface area contributed by atoms with Crippen LogP contribution in [0.25, 0.3) is 10.8 Å². The van der Waals surface area contributed by atoms with Gasteiger partial charge < -0.3 is 10.6 Å². The summed E-state index contributed by atoms with van der Waals surface area (Å²) in [5.41, 5.74) is -0.412. The Morgan fingerprint density at radius 1 is 0.681 bits per heavy atom. The number of carbonyl (C=O) groups is 2. The summed E-state index contributed by atoms with van der Waals surface area (Å²) in [5.74, 6) is -1.70. The molecule has 0 heterocycles. The summed E-state index contributed by atoms with van der Waals surface area (Å²) in [7, 11) is -15.7. The second-order valence-electron chi connectivity index (χ2n) is 9.13. The molecule has 0 saturated heterocycles. The number of rotatable bonds is 8. The molecule has 0 atom stereocenters. The van der Waals surface area contributed by atoms with Crippen LogP contribution >= 0.6 is 0 Å². The topological polar surface area (TPSA) is 264 Å². The van der Waals surface area contributed by atoms with Gasteiger partial charge in [-0.25, -0.2) is 0 Å². The van der Waals surface area contributed by atoms with Crippen LogP contribution in [-0.2, 0) is 30.4 Å². The minimum atomic E-state index is -5.35. The zero-order chi connectivity index (χ0) is 32.8. The second-order valence-corrected chi connectivity index (χ2v) is 13.3. The number of aryl methyl sites for hydroxylation is 1. The number of nitrogens with one attached hydrogen (secondary N) is 2. The molecule has 4 aromatic carbocycles. The molecule has 5 N–H and O–H groups in total. The zero-order valence-electron chi connectivity index (χ0n) is 24.9. The predicted molar refractivity (Wildman–Crippen MR) is 171 cm³/mol. The normalized spacial score (nSPS) is 11.3. The minimum Gasteiger partial charge on any atom is -0.322 e. The van der Waals surface area contributed by atoms with Gasteiger partial charge in [-0.1, -0.05) is 12.1 Å². The molecule has 0 unspecified atom stereocenters. The van der Waals surface area contributed by atoms with Crippen LogP contribution in [0.5, 0.6) is 0 Å². The molecule has 0 aliphatic rings. The fraction of sp³-hybridized carbons (Fsp3) is 0.0400. The van der Waals surface area contributed by atoms with Crippen molar-refractivity contribution in [1.29, 1.82) is 0 Å². The molecule has 0 aromatic heterocycles. The van der Waals surface area contributed by atoms with Gasteiger partial charge in [-0.05, 0) is 55.0 Å². The van der Waals surface area contributed by atoms with Gasteiger partial charge in [-0.15, -0.1) is 0 Å². The SMILES string of the molecule is Cc1ccc(C(=O)Nc2ccc(S(=O)(=O)O)c3cc(S(=O)(=O)O)cc(S(=O)(=O)O)c23)cc1NC(=O)c1cccc([N+](=O)[O-])c1.[Na].[Na].[Na]. The van der Waals surface area contributed by atoms with Gasteiger partial charge in [0.15, 0.2) is 0 Å². The van der Waals surface area contributed by atoms with Crippen molar-refractivity contribution in [3.63, 3.8) is 0 Å². The summed E-state index contributed by atoms with van der Waals surface area (Å²) in [5, 5.41) is 14.4. The van der Waals surface area contributed by atoms with Crippen molar-refractivity contribution in [2.24, 2.45) is 0 Å². The van der Waals surface area contributed by atoms with Crippen molar-refractivity contribution in [2.75, 3.05) is 10.6 Å². The Kier molecular flexibility index (Phi) is 15.0. The van der Waals surface area contributed by atoms with Crippen molar-refractivity contribution in [3.8, 4) is 0 Å². The number of nitrogens with zero attached hydrogens (tertiary/aromatic N) is 1. The third-order valence-corrected chi connectivity index (χ3v) is 8.80. The largest absolute Gasteiger partial charge is 0.322 e. The molecule has 22 heteroatoms. The Hall–Kier alpha value is -1.79. The van der Waals surface area contributed by atoms with E-state index in [4.69, 9.17) is 0 Å². The molecule has 0 saturated carbocycles. The summed E-state index contributed by atoms with van der Waals surface area (Å²) >= 11 is 0. The van der Waals surface area contributed by atoms with Crippen LogP contribution in [-0.4, -0.2) is 144 Å². The quantitative estimate of drug-likeness (QED) is 0.0753. The van der Waals surface area contributed by atoms with Crippen LogP contribution in [0.2, 0.25) is 0 Å². The van der Waals surface area contributed by atoms with E-state index in [2.05, 4.69) is 10.6 Å². The summed E-state index contributed by atoms with van der Waals surface area (Å²) in [6.07, 6.45) is 0. The van der Waals surface area contributed by atoms with Crippen molar-refractivity contribution >= 4 is 159 Å². The van der Waals surface area contributed by atoms with Gasteiger partial charge in [-0.3, -0.25) is 33.4 Å². The van der Waals surface area contributed by atoms with Gasteiger partial charge in [0.2, 0.25) is 0 Å². The van der Waals surface area contributed by atoms with Crippen molar-refractivity contribution in [1.82, 2.24) is 0 Å². The smallest absolute Gasteiger partial charge is 0.295 e. The predicted octanol–water partition coefficient (Wildman–Crippen LogP) is 2.16. The van der Waals surface area contributed by atoms with E-state index in [1.165, 1.54) is 36.4 Å². The molecule has 47 heavy (non-hydrogen) atoms. The van der Waals surface area contributed by atoms with Gasteiger partial charge in [0.25, 0.3) is 47.9 Å². The zero-order valence-corrected chi connectivity index (χ0v) is 33.4. The molecular weight excluding hydrogens is 715 g/mol. The maximum absolute atomic E-state index is 13.3. The molecule has 0 aliphatic carbocycles. The van der Waals surface area contributed by atoms with Crippen molar-refractivity contribution in [2.45, 2.75) is 21.6 Å². The monoisotopic (exact) mass is 734 g/mol. The van der Waals surface area contributed by atoms with Crippen LogP contribution in [0.3, 0.4) is 0 Å². The number of benzene rings is 4. The average Bonchev–Trinajstić information content (AvgIpc) is 2.92.